The molecule has 1 N–H and O–H groups in total. The Kier molecular flexibility index (Phi) is 3.46. The predicted molar refractivity (Wildman–Crippen MR) is 75.0 cm³/mol. The third-order valence-corrected chi connectivity index (χ3v) is 2.92. The number of rotatable bonds is 4. The van der Waals surface area contributed by atoms with Crippen molar-refractivity contribution >= 4 is 34.0 Å². The fraction of sp³-hybridized carbons (Fsp3) is 0.167. The Morgan fingerprint density at radius 1 is 1.29 bits per heavy atom. The Morgan fingerprint density at radius 3 is 2.71 bits per heavy atom. The molecule has 0 unspecified atom stereocenters. The molecular weight excluding hydrogens is 333 g/mol. The normalized spacial score (nSPS) is 10.5. The van der Waals surface area contributed by atoms with Crippen LogP contribution in [0.15, 0.2) is 33.9 Å². The van der Waals surface area contributed by atoms with Gasteiger partial charge in [-0.2, -0.15) is 0 Å². The van der Waals surface area contributed by atoms with Crippen LogP contribution >= 0.6 is 22.6 Å². The lowest BCUT2D eigenvalue weighted by molar-refractivity contribution is 0.335. The molecule has 0 saturated carbocycles. The summed E-state index contributed by atoms with van der Waals surface area (Å²) in [5.41, 5.74) is -0.0592. The molecule has 5 heteroatoms. The third-order valence-electron chi connectivity index (χ3n) is 2.25. The molecule has 0 radical (unpaired) electrons. The van der Waals surface area contributed by atoms with Crippen LogP contribution in [0.1, 0.15) is 6.92 Å². The van der Waals surface area contributed by atoms with Gasteiger partial charge < -0.3 is 10.1 Å². The molecule has 0 heterocycles. The molecule has 2 aromatic rings. The molecule has 0 atom stereocenters. The zero-order valence-corrected chi connectivity index (χ0v) is 11.3. The molecule has 88 valence electrons. The molecule has 2 rings (SSSR count). The lowest BCUT2D eigenvalue weighted by Crippen LogP contribution is -2.35. The van der Waals surface area contributed by atoms with E-state index in [2.05, 4.69) is 27.9 Å². The molecule has 0 aliphatic rings. The summed E-state index contributed by atoms with van der Waals surface area (Å²) in [6.07, 6.45) is 0. The topological polar surface area (TPSA) is 55.4 Å². The van der Waals surface area contributed by atoms with Crippen molar-refractivity contribution in [1.29, 1.82) is 0 Å². The van der Waals surface area contributed by atoms with E-state index < -0.39 is 10.9 Å². The Hall–Kier alpha value is -1.37. The summed E-state index contributed by atoms with van der Waals surface area (Å²) in [5.74, 6) is 0.136. The van der Waals surface area contributed by atoms with E-state index in [9.17, 15) is 9.59 Å². The second kappa shape index (κ2) is 4.87. The molecule has 0 amide bonds. The van der Waals surface area contributed by atoms with Crippen molar-refractivity contribution in [3.63, 3.8) is 0 Å². The number of nitrogens with one attached hydrogen (secondary N) is 1. The molecule has 0 fully saturated rings. The SMILES string of the molecule is CCOc1c(Nc2cccc(I)c2)c(=O)c1=O. The van der Waals surface area contributed by atoms with E-state index in [-0.39, 0.29) is 11.4 Å². The van der Waals surface area contributed by atoms with Crippen molar-refractivity contribution in [3.05, 3.63) is 48.3 Å². The smallest absolute Gasteiger partial charge is 0.272 e. The summed E-state index contributed by atoms with van der Waals surface area (Å²) >= 11 is 2.17. The maximum atomic E-state index is 11.4. The van der Waals surface area contributed by atoms with Crippen LogP contribution in [-0.2, 0) is 0 Å². The summed E-state index contributed by atoms with van der Waals surface area (Å²) in [6, 6.07) is 7.52. The van der Waals surface area contributed by atoms with Gasteiger partial charge in [-0.05, 0) is 47.7 Å². The zero-order valence-electron chi connectivity index (χ0n) is 9.12. The van der Waals surface area contributed by atoms with Crippen molar-refractivity contribution in [2.24, 2.45) is 0 Å². The first-order chi connectivity index (χ1) is 8.13. The van der Waals surface area contributed by atoms with Crippen LogP contribution in [0.2, 0.25) is 0 Å². The van der Waals surface area contributed by atoms with Crippen molar-refractivity contribution in [3.8, 4) is 5.75 Å². The third kappa shape index (κ3) is 2.33. The Labute approximate surface area is 111 Å². The van der Waals surface area contributed by atoms with Gasteiger partial charge in [0.25, 0.3) is 10.9 Å². The summed E-state index contributed by atoms with van der Waals surface area (Å²) in [5, 5.41) is 2.91. The minimum atomic E-state index is -0.556. The molecule has 0 aliphatic carbocycles. The van der Waals surface area contributed by atoms with E-state index in [1.54, 1.807) is 6.92 Å². The van der Waals surface area contributed by atoms with Gasteiger partial charge in [-0.25, -0.2) is 0 Å². The van der Waals surface area contributed by atoms with Gasteiger partial charge >= 0.3 is 0 Å². The summed E-state index contributed by atoms with van der Waals surface area (Å²) < 4.78 is 6.17. The summed E-state index contributed by atoms with van der Waals surface area (Å²) in [4.78, 5) is 22.6. The molecule has 0 aliphatic heterocycles. The Bertz CT molecular complexity index is 614. The van der Waals surface area contributed by atoms with Crippen LogP contribution in [0.4, 0.5) is 11.4 Å². The van der Waals surface area contributed by atoms with Gasteiger partial charge in [0.15, 0.2) is 5.75 Å². The number of anilines is 2. The fourth-order valence-electron chi connectivity index (χ4n) is 1.48. The van der Waals surface area contributed by atoms with Crippen LogP contribution < -0.4 is 20.9 Å². The first-order valence-corrected chi connectivity index (χ1v) is 6.20. The average molecular weight is 343 g/mol. The number of benzene rings is 1. The number of hydrogen-bond donors (Lipinski definition) is 1. The highest BCUT2D eigenvalue weighted by molar-refractivity contribution is 14.1. The van der Waals surface area contributed by atoms with Crippen LogP contribution in [0, 0.1) is 3.57 Å². The van der Waals surface area contributed by atoms with E-state index in [0.29, 0.717) is 6.61 Å². The predicted octanol–water partition coefficient (Wildman–Crippen LogP) is 2.03. The van der Waals surface area contributed by atoms with E-state index in [4.69, 9.17) is 4.74 Å². The van der Waals surface area contributed by atoms with Crippen molar-refractivity contribution in [2.45, 2.75) is 6.92 Å². The average Bonchev–Trinajstić information content (AvgIpc) is 2.33. The summed E-state index contributed by atoms with van der Waals surface area (Å²) in [6.45, 7) is 2.14. The Morgan fingerprint density at radius 2 is 2.06 bits per heavy atom. The molecule has 0 aromatic heterocycles. The van der Waals surface area contributed by atoms with E-state index in [1.807, 2.05) is 24.3 Å². The molecule has 0 saturated heterocycles. The van der Waals surface area contributed by atoms with Crippen LogP contribution in [0.5, 0.6) is 5.75 Å². The Balaban J connectivity index is 2.28. The van der Waals surface area contributed by atoms with Gasteiger partial charge in [-0.3, -0.25) is 9.59 Å². The van der Waals surface area contributed by atoms with Crippen molar-refractivity contribution in [1.82, 2.24) is 0 Å². The quantitative estimate of drug-likeness (QED) is 0.682. The van der Waals surface area contributed by atoms with Gasteiger partial charge in [-0.15, -0.1) is 0 Å². The lowest BCUT2D eigenvalue weighted by Gasteiger charge is -2.13. The lowest BCUT2D eigenvalue weighted by atomic mass is 10.2. The highest BCUT2D eigenvalue weighted by Crippen LogP contribution is 2.23. The van der Waals surface area contributed by atoms with Crippen LogP contribution in [-0.4, -0.2) is 6.61 Å². The first-order valence-electron chi connectivity index (χ1n) is 5.12. The number of ether oxygens (including phenoxy) is 1. The molecule has 2 aromatic carbocycles. The van der Waals surface area contributed by atoms with Gasteiger partial charge in [0.2, 0.25) is 0 Å². The minimum absolute atomic E-state index is 0.136. The number of halogens is 1. The maximum absolute atomic E-state index is 11.4. The van der Waals surface area contributed by atoms with Gasteiger partial charge in [0.1, 0.15) is 5.69 Å². The minimum Gasteiger partial charge on any atom is -0.488 e. The van der Waals surface area contributed by atoms with Gasteiger partial charge in [0, 0.05) is 9.26 Å². The van der Waals surface area contributed by atoms with Crippen molar-refractivity contribution < 1.29 is 4.74 Å². The highest BCUT2D eigenvalue weighted by atomic mass is 127. The molecule has 0 bridgehead atoms. The van der Waals surface area contributed by atoms with Crippen LogP contribution in [0.3, 0.4) is 0 Å². The summed E-state index contributed by atoms with van der Waals surface area (Å²) in [7, 11) is 0. The largest absolute Gasteiger partial charge is 0.488 e. The second-order valence-corrected chi connectivity index (χ2v) is 4.68. The van der Waals surface area contributed by atoms with E-state index >= 15 is 0 Å². The second-order valence-electron chi connectivity index (χ2n) is 3.43. The molecule has 0 spiro atoms. The van der Waals surface area contributed by atoms with Crippen LogP contribution in [0.25, 0.3) is 0 Å². The monoisotopic (exact) mass is 343 g/mol. The molecule has 4 nitrogen and oxygen atoms in total. The van der Waals surface area contributed by atoms with E-state index in [1.165, 1.54) is 0 Å². The number of hydrogen-bond acceptors (Lipinski definition) is 4. The van der Waals surface area contributed by atoms with Gasteiger partial charge in [-0.1, -0.05) is 6.07 Å². The molecule has 17 heavy (non-hydrogen) atoms. The van der Waals surface area contributed by atoms with Gasteiger partial charge in [0.05, 0.1) is 6.61 Å². The maximum Gasteiger partial charge on any atom is 0.272 e. The first kappa shape index (κ1) is 12.1. The van der Waals surface area contributed by atoms with Crippen molar-refractivity contribution in [2.75, 3.05) is 11.9 Å². The fourth-order valence-corrected chi connectivity index (χ4v) is 2.02. The highest BCUT2D eigenvalue weighted by Gasteiger charge is 2.22. The molecular formula is C12H10INO3. The standard InChI is InChI=1S/C12H10INO3/c1-2-17-12-9(10(15)11(12)16)14-8-5-3-4-7(13)6-8/h3-6,14H,2H2,1H3. The zero-order chi connectivity index (χ0) is 12.4. The van der Waals surface area contributed by atoms with E-state index in [0.717, 1.165) is 9.26 Å².